The molecular weight excluding hydrogens is 316 g/mol. The summed E-state index contributed by atoms with van der Waals surface area (Å²) in [6.07, 6.45) is 5.88. The molecule has 1 aliphatic carbocycles. The minimum atomic E-state index is 0.0512. The molecule has 3 heterocycles. The first-order valence-corrected chi connectivity index (χ1v) is 9.04. The molecule has 1 aliphatic heterocycles. The van der Waals surface area contributed by atoms with E-state index in [0.717, 1.165) is 49.7 Å². The average Bonchev–Trinajstić information content (AvgIpc) is 3.35. The number of nitrogens with one attached hydrogen (secondary N) is 2. The van der Waals surface area contributed by atoms with Gasteiger partial charge in [-0.15, -0.1) is 0 Å². The number of likely N-dealkylation sites (tertiary alicyclic amines) is 1. The topological polar surface area (TPSA) is 86.8 Å². The molecule has 2 N–H and O–H groups in total. The minimum absolute atomic E-state index is 0.0512. The highest BCUT2D eigenvalue weighted by atomic mass is 16.1. The summed E-state index contributed by atoms with van der Waals surface area (Å²) in [6.45, 7) is 4.58. The van der Waals surface area contributed by atoms with Crippen molar-refractivity contribution in [3.05, 3.63) is 35.5 Å². The molecule has 1 amide bonds. The fourth-order valence-corrected chi connectivity index (χ4v) is 3.30. The maximum absolute atomic E-state index is 12.4. The summed E-state index contributed by atoms with van der Waals surface area (Å²) in [5.74, 6) is 3.25. The molecule has 2 aromatic heterocycles. The van der Waals surface area contributed by atoms with Crippen LogP contribution in [-0.4, -0.2) is 44.1 Å². The second-order valence-corrected chi connectivity index (χ2v) is 7.17. The van der Waals surface area contributed by atoms with E-state index < -0.39 is 0 Å². The van der Waals surface area contributed by atoms with Crippen LogP contribution in [0.2, 0.25) is 0 Å². The summed E-state index contributed by atoms with van der Waals surface area (Å²) in [5, 5.41) is 10.3. The number of aromatic amines is 1. The maximum Gasteiger partial charge on any atom is 0.228 e. The Morgan fingerprint density at radius 1 is 1.32 bits per heavy atom. The van der Waals surface area contributed by atoms with E-state index in [4.69, 9.17) is 0 Å². The number of anilines is 1. The van der Waals surface area contributed by atoms with Gasteiger partial charge in [0.1, 0.15) is 11.6 Å². The van der Waals surface area contributed by atoms with Gasteiger partial charge in [0.2, 0.25) is 5.91 Å². The SMILES string of the molecule is Cc1ccnc(NC(=O)C2CCN(Cc3nc(C4CC4)n[nH]3)CC2)c1. The second-order valence-electron chi connectivity index (χ2n) is 7.17. The maximum atomic E-state index is 12.4. The number of aromatic nitrogens is 4. The van der Waals surface area contributed by atoms with Crippen molar-refractivity contribution in [2.45, 2.75) is 45.1 Å². The Morgan fingerprint density at radius 2 is 2.12 bits per heavy atom. The number of carbonyl (C=O) groups is 1. The highest BCUT2D eigenvalue weighted by molar-refractivity contribution is 5.91. The summed E-state index contributed by atoms with van der Waals surface area (Å²) in [6, 6.07) is 3.82. The summed E-state index contributed by atoms with van der Waals surface area (Å²) in [7, 11) is 0. The zero-order chi connectivity index (χ0) is 17.2. The van der Waals surface area contributed by atoms with E-state index in [-0.39, 0.29) is 11.8 Å². The molecule has 0 atom stereocenters. The van der Waals surface area contributed by atoms with Gasteiger partial charge in [-0.2, -0.15) is 5.10 Å². The molecular formula is C18H24N6O. The van der Waals surface area contributed by atoms with Gasteiger partial charge in [-0.05, 0) is 63.4 Å². The Hall–Kier alpha value is -2.28. The van der Waals surface area contributed by atoms with Crippen molar-refractivity contribution in [1.29, 1.82) is 0 Å². The van der Waals surface area contributed by atoms with Crippen LogP contribution in [0.4, 0.5) is 5.82 Å². The number of pyridine rings is 1. The fourth-order valence-electron chi connectivity index (χ4n) is 3.30. The number of piperidine rings is 1. The van der Waals surface area contributed by atoms with E-state index >= 15 is 0 Å². The number of rotatable bonds is 5. The number of amides is 1. The zero-order valence-corrected chi connectivity index (χ0v) is 14.5. The molecule has 0 bridgehead atoms. The lowest BCUT2D eigenvalue weighted by Crippen LogP contribution is -2.38. The summed E-state index contributed by atoms with van der Waals surface area (Å²) >= 11 is 0. The number of H-pyrrole nitrogens is 1. The Morgan fingerprint density at radius 3 is 2.84 bits per heavy atom. The van der Waals surface area contributed by atoms with Crippen LogP contribution in [0.25, 0.3) is 0 Å². The van der Waals surface area contributed by atoms with Crippen molar-refractivity contribution >= 4 is 11.7 Å². The van der Waals surface area contributed by atoms with E-state index in [1.54, 1.807) is 6.20 Å². The molecule has 7 nitrogen and oxygen atoms in total. The van der Waals surface area contributed by atoms with Crippen molar-refractivity contribution in [2.24, 2.45) is 5.92 Å². The van der Waals surface area contributed by atoms with Gasteiger partial charge in [0.25, 0.3) is 0 Å². The van der Waals surface area contributed by atoms with Crippen molar-refractivity contribution in [3.8, 4) is 0 Å². The van der Waals surface area contributed by atoms with Crippen LogP contribution in [0.15, 0.2) is 18.3 Å². The standard InChI is InChI=1S/C18H24N6O/c1-12-4-7-19-15(10-12)21-18(25)14-5-8-24(9-6-14)11-16-20-17(23-22-16)13-2-3-13/h4,7,10,13-14H,2-3,5-6,8-9,11H2,1H3,(H,19,21,25)(H,20,22,23). The summed E-state index contributed by atoms with van der Waals surface area (Å²) < 4.78 is 0. The first-order valence-electron chi connectivity index (χ1n) is 9.04. The predicted molar refractivity (Wildman–Crippen MR) is 94.0 cm³/mol. The third-order valence-electron chi connectivity index (χ3n) is 4.99. The predicted octanol–water partition coefficient (Wildman–Crippen LogP) is 2.24. The Labute approximate surface area is 147 Å². The van der Waals surface area contributed by atoms with Gasteiger partial charge in [0.15, 0.2) is 5.82 Å². The highest BCUT2D eigenvalue weighted by Gasteiger charge is 2.29. The van der Waals surface area contributed by atoms with Gasteiger partial charge >= 0.3 is 0 Å². The molecule has 0 aromatic carbocycles. The van der Waals surface area contributed by atoms with E-state index in [9.17, 15) is 4.79 Å². The van der Waals surface area contributed by atoms with E-state index in [1.807, 2.05) is 19.1 Å². The van der Waals surface area contributed by atoms with Crippen molar-refractivity contribution < 1.29 is 4.79 Å². The van der Waals surface area contributed by atoms with Gasteiger partial charge in [0.05, 0.1) is 6.54 Å². The molecule has 7 heteroatoms. The van der Waals surface area contributed by atoms with Crippen LogP contribution in [0.3, 0.4) is 0 Å². The summed E-state index contributed by atoms with van der Waals surface area (Å²) in [4.78, 5) is 23.6. The first kappa shape index (κ1) is 16.2. The largest absolute Gasteiger partial charge is 0.310 e. The van der Waals surface area contributed by atoms with Crippen LogP contribution in [-0.2, 0) is 11.3 Å². The minimum Gasteiger partial charge on any atom is -0.310 e. The Kier molecular flexibility index (Phi) is 4.48. The Bertz CT molecular complexity index is 746. The molecule has 1 saturated heterocycles. The molecule has 0 unspecified atom stereocenters. The smallest absolute Gasteiger partial charge is 0.228 e. The lowest BCUT2D eigenvalue weighted by Gasteiger charge is -2.30. The molecule has 0 radical (unpaired) electrons. The van der Waals surface area contributed by atoms with Crippen LogP contribution in [0.5, 0.6) is 0 Å². The van der Waals surface area contributed by atoms with Crippen molar-refractivity contribution in [1.82, 2.24) is 25.1 Å². The first-order chi connectivity index (χ1) is 12.2. The van der Waals surface area contributed by atoms with Crippen molar-refractivity contribution in [2.75, 3.05) is 18.4 Å². The number of carbonyl (C=O) groups excluding carboxylic acids is 1. The van der Waals surface area contributed by atoms with Gasteiger partial charge in [-0.1, -0.05) is 0 Å². The number of hydrogen-bond acceptors (Lipinski definition) is 5. The molecule has 25 heavy (non-hydrogen) atoms. The highest BCUT2D eigenvalue weighted by Crippen LogP contribution is 2.37. The molecule has 0 spiro atoms. The van der Waals surface area contributed by atoms with Crippen molar-refractivity contribution in [3.63, 3.8) is 0 Å². The van der Waals surface area contributed by atoms with Crippen LogP contribution >= 0.6 is 0 Å². The number of nitrogens with zero attached hydrogens (tertiary/aromatic N) is 4. The van der Waals surface area contributed by atoms with Gasteiger partial charge in [-0.3, -0.25) is 14.8 Å². The third kappa shape index (κ3) is 4.04. The molecule has 1 saturated carbocycles. The lowest BCUT2D eigenvalue weighted by atomic mass is 9.96. The molecule has 4 rings (SSSR count). The number of aryl methyl sites for hydroxylation is 1. The van der Waals surface area contributed by atoms with Gasteiger partial charge in [-0.25, -0.2) is 9.97 Å². The monoisotopic (exact) mass is 340 g/mol. The summed E-state index contributed by atoms with van der Waals surface area (Å²) in [5.41, 5.74) is 1.10. The fraction of sp³-hybridized carbons (Fsp3) is 0.556. The third-order valence-corrected chi connectivity index (χ3v) is 4.99. The number of hydrogen-bond donors (Lipinski definition) is 2. The quantitative estimate of drug-likeness (QED) is 0.872. The zero-order valence-electron chi connectivity index (χ0n) is 14.5. The Balaban J connectivity index is 1.26. The lowest BCUT2D eigenvalue weighted by molar-refractivity contribution is -0.121. The molecule has 2 aromatic rings. The van der Waals surface area contributed by atoms with Crippen LogP contribution in [0.1, 0.15) is 48.8 Å². The molecule has 132 valence electrons. The molecule has 2 aliphatic rings. The van der Waals surface area contributed by atoms with Crippen LogP contribution in [0, 0.1) is 12.8 Å². The molecule has 2 fully saturated rings. The van der Waals surface area contributed by atoms with E-state index in [2.05, 4.69) is 30.4 Å². The average molecular weight is 340 g/mol. The van der Waals surface area contributed by atoms with Gasteiger partial charge in [0, 0.05) is 18.0 Å². The van der Waals surface area contributed by atoms with Gasteiger partial charge < -0.3 is 5.32 Å². The van der Waals surface area contributed by atoms with Crippen LogP contribution < -0.4 is 5.32 Å². The van der Waals surface area contributed by atoms with E-state index in [1.165, 1.54) is 12.8 Å². The van der Waals surface area contributed by atoms with E-state index in [0.29, 0.717) is 11.7 Å². The second kappa shape index (κ2) is 6.92. The normalized spacial score (nSPS) is 19.1.